The predicted octanol–water partition coefficient (Wildman–Crippen LogP) is 6.46. The Bertz CT molecular complexity index is 2480. The van der Waals surface area contributed by atoms with E-state index in [-0.39, 0.29) is 41.2 Å². The van der Waals surface area contributed by atoms with Crippen molar-refractivity contribution < 1.29 is 19.1 Å². The van der Waals surface area contributed by atoms with Gasteiger partial charge >= 0.3 is 6.03 Å². The number of aromatic nitrogens is 4. The predicted molar refractivity (Wildman–Crippen MR) is 229 cm³/mol. The lowest BCUT2D eigenvalue weighted by atomic mass is 9.49. The Morgan fingerprint density at radius 3 is 2.40 bits per heavy atom. The van der Waals surface area contributed by atoms with Gasteiger partial charge in [0.25, 0.3) is 5.91 Å². The summed E-state index contributed by atoms with van der Waals surface area (Å²) < 4.78 is 9.00. The molecule has 4 aromatic heterocycles. The first kappa shape index (κ1) is 39.4. The smallest absolute Gasteiger partial charge is 0.329 e. The molecule has 9 rings (SSSR count). The van der Waals surface area contributed by atoms with Crippen molar-refractivity contribution in [2.24, 2.45) is 16.7 Å². The number of fused-ring (bicyclic) bond motifs is 2. The molecule has 0 atom stereocenters. The Balaban J connectivity index is 0.751. The van der Waals surface area contributed by atoms with Crippen LogP contribution in [0.25, 0.3) is 21.8 Å². The van der Waals surface area contributed by atoms with Gasteiger partial charge in [0.2, 0.25) is 5.91 Å². The Morgan fingerprint density at radius 2 is 1.68 bits per heavy atom. The molecular weight excluding hydrogens is 757 g/mol. The van der Waals surface area contributed by atoms with E-state index in [1.165, 1.54) is 0 Å². The normalized spacial score (nSPS) is 22.3. The summed E-state index contributed by atoms with van der Waals surface area (Å²) >= 11 is 0. The van der Waals surface area contributed by atoms with Gasteiger partial charge in [0.05, 0.1) is 22.2 Å². The zero-order valence-corrected chi connectivity index (χ0v) is 34.7. The fourth-order valence-electron chi connectivity index (χ4n) is 10.7. The van der Waals surface area contributed by atoms with E-state index < -0.39 is 6.03 Å². The lowest BCUT2D eigenvalue weighted by molar-refractivity contribution is -0.163. The molecule has 60 heavy (non-hydrogen) atoms. The molecule has 0 bridgehead atoms. The van der Waals surface area contributed by atoms with Gasteiger partial charge in [-0.15, -0.1) is 0 Å². The second kappa shape index (κ2) is 15.5. The summed E-state index contributed by atoms with van der Waals surface area (Å²) in [6.45, 7) is 13.9. The molecule has 1 aliphatic carbocycles. The van der Waals surface area contributed by atoms with Crippen molar-refractivity contribution >= 4 is 51.3 Å². The van der Waals surface area contributed by atoms with Gasteiger partial charge in [-0.25, -0.2) is 14.8 Å². The SMILES string of the molecule is CC1(C)[C@H](NC(=O)c2ccc(N3CCC(CN4CCC(n5ccc6c(N7CCC(=O)NC7=O)nccc65)CC4)CC3)nc2)C(C)(C)[C@H]1Oc1ccc(C#N)c2ncccc12. The summed E-state index contributed by atoms with van der Waals surface area (Å²) in [6, 6.07) is 17.3. The van der Waals surface area contributed by atoms with Gasteiger partial charge in [-0.05, 0) is 80.1 Å². The van der Waals surface area contributed by atoms with Gasteiger partial charge in [0.15, 0.2) is 0 Å². The van der Waals surface area contributed by atoms with Crippen LogP contribution in [0.2, 0.25) is 0 Å². The molecule has 14 nitrogen and oxygen atoms in total. The third kappa shape index (κ3) is 7.08. The van der Waals surface area contributed by atoms with Crippen LogP contribution >= 0.6 is 0 Å². The molecule has 3 saturated heterocycles. The van der Waals surface area contributed by atoms with Crippen molar-refractivity contribution in [1.82, 2.24) is 35.1 Å². The molecule has 5 aromatic rings. The molecule has 14 heteroatoms. The molecule has 7 heterocycles. The maximum Gasteiger partial charge on any atom is 0.329 e. The molecule has 1 saturated carbocycles. The van der Waals surface area contributed by atoms with Crippen LogP contribution < -0.4 is 25.2 Å². The van der Waals surface area contributed by atoms with Crippen molar-refractivity contribution in [3.63, 3.8) is 0 Å². The van der Waals surface area contributed by atoms with E-state index in [2.05, 4.69) is 74.9 Å². The average Bonchev–Trinajstić information content (AvgIpc) is 3.70. The summed E-state index contributed by atoms with van der Waals surface area (Å²) in [6.07, 6.45) is 11.6. The van der Waals surface area contributed by atoms with Crippen molar-refractivity contribution in [3.05, 3.63) is 84.4 Å². The first-order valence-electron chi connectivity index (χ1n) is 21.2. The fraction of sp³-hybridized carbons (Fsp3) is 0.457. The number of carbonyl (C=O) groups excluding carboxylic acids is 3. The number of nitriles is 1. The van der Waals surface area contributed by atoms with Crippen LogP contribution in [-0.4, -0.2) is 93.7 Å². The highest BCUT2D eigenvalue weighted by Crippen LogP contribution is 2.56. The van der Waals surface area contributed by atoms with E-state index in [0.29, 0.717) is 46.7 Å². The second-order valence-corrected chi connectivity index (χ2v) is 18.1. The van der Waals surface area contributed by atoms with Crippen LogP contribution in [-0.2, 0) is 4.79 Å². The Kier molecular flexibility index (Phi) is 10.2. The van der Waals surface area contributed by atoms with E-state index in [1.54, 1.807) is 29.6 Å². The minimum Gasteiger partial charge on any atom is -0.488 e. The third-order valence-corrected chi connectivity index (χ3v) is 13.6. The van der Waals surface area contributed by atoms with E-state index in [9.17, 15) is 19.6 Å². The van der Waals surface area contributed by atoms with Crippen LogP contribution in [0.15, 0.2) is 73.3 Å². The first-order chi connectivity index (χ1) is 28.9. The largest absolute Gasteiger partial charge is 0.488 e. The number of benzene rings is 1. The lowest BCUT2D eigenvalue weighted by Crippen LogP contribution is -2.74. The molecule has 0 unspecified atom stereocenters. The Labute approximate surface area is 349 Å². The van der Waals surface area contributed by atoms with Gasteiger partial charge in [0, 0.05) is 104 Å². The zero-order chi connectivity index (χ0) is 41.8. The van der Waals surface area contributed by atoms with E-state index in [4.69, 9.17) is 9.72 Å². The maximum atomic E-state index is 13.6. The molecule has 310 valence electrons. The number of nitrogens with one attached hydrogen (secondary N) is 2. The summed E-state index contributed by atoms with van der Waals surface area (Å²) in [5, 5.41) is 17.0. The van der Waals surface area contributed by atoms with E-state index in [0.717, 1.165) is 80.5 Å². The first-order valence-corrected chi connectivity index (χ1v) is 21.2. The summed E-state index contributed by atoms with van der Waals surface area (Å²) in [5.74, 6) is 2.41. The van der Waals surface area contributed by atoms with Crippen LogP contribution in [0.4, 0.5) is 16.4 Å². The van der Waals surface area contributed by atoms with Crippen molar-refractivity contribution in [1.29, 1.82) is 5.26 Å². The molecule has 4 aliphatic rings. The number of hydrogen-bond acceptors (Lipinski definition) is 10. The minimum atomic E-state index is -0.415. The van der Waals surface area contributed by atoms with Crippen molar-refractivity contribution in [2.75, 3.05) is 49.1 Å². The Morgan fingerprint density at radius 1 is 0.900 bits per heavy atom. The number of rotatable bonds is 9. The Hall–Kier alpha value is -6.07. The van der Waals surface area contributed by atoms with Gasteiger partial charge in [-0.3, -0.25) is 24.8 Å². The molecule has 0 radical (unpaired) electrons. The highest BCUT2D eigenvalue weighted by Gasteiger charge is 2.64. The van der Waals surface area contributed by atoms with Gasteiger partial charge in [0.1, 0.15) is 29.6 Å². The van der Waals surface area contributed by atoms with Crippen LogP contribution in [0.5, 0.6) is 5.75 Å². The van der Waals surface area contributed by atoms with Crippen molar-refractivity contribution in [2.45, 2.75) is 78.0 Å². The molecule has 3 aliphatic heterocycles. The molecule has 2 N–H and O–H groups in total. The van der Waals surface area contributed by atoms with Gasteiger partial charge in [-0.1, -0.05) is 27.7 Å². The summed E-state index contributed by atoms with van der Waals surface area (Å²) in [4.78, 5) is 58.1. The molecular formula is C46H52N10O4. The maximum absolute atomic E-state index is 13.6. The van der Waals surface area contributed by atoms with Gasteiger partial charge < -0.3 is 24.4 Å². The number of nitrogens with zero attached hydrogens (tertiary/aromatic N) is 8. The molecule has 4 amide bonds. The van der Waals surface area contributed by atoms with E-state index >= 15 is 0 Å². The number of hydrogen-bond donors (Lipinski definition) is 2. The number of piperidine rings is 2. The average molecular weight is 809 g/mol. The number of ether oxygens (including phenoxy) is 1. The number of imide groups is 1. The lowest BCUT2D eigenvalue weighted by Gasteiger charge is -2.63. The summed E-state index contributed by atoms with van der Waals surface area (Å²) in [7, 11) is 0. The number of carbonyl (C=O) groups is 3. The fourth-order valence-corrected chi connectivity index (χ4v) is 10.7. The van der Waals surface area contributed by atoms with Crippen LogP contribution in [0, 0.1) is 28.1 Å². The topological polar surface area (TPSA) is 162 Å². The van der Waals surface area contributed by atoms with Crippen LogP contribution in [0.3, 0.4) is 0 Å². The highest BCUT2D eigenvalue weighted by molar-refractivity contribution is 6.08. The molecule has 4 fully saturated rings. The quantitative estimate of drug-likeness (QED) is 0.169. The number of urea groups is 1. The number of pyridine rings is 3. The minimum absolute atomic E-state index is 0.139. The third-order valence-electron chi connectivity index (χ3n) is 13.6. The number of anilines is 2. The number of likely N-dealkylation sites (tertiary alicyclic amines) is 1. The van der Waals surface area contributed by atoms with Crippen LogP contribution in [0.1, 0.15) is 81.8 Å². The van der Waals surface area contributed by atoms with E-state index in [1.807, 2.05) is 42.5 Å². The second-order valence-electron chi connectivity index (χ2n) is 18.1. The molecule has 0 spiro atoms. The number of amides is 4. The van der Waals surface area contributed by atoms with Gasteiger partial charge in [-0.2, -0.15) is 5.26 Å². The van der Waals surface area contributed by atoms with Crippen molar-refractivity contribution in [3.8, 4) is 11.8 Å². The standard InChI is InChI=1S/C46H52N10O4/c1-45(2)42(46(3,4)43(45)60-36-9-7-30(26-47)39-34(36)6-5-18-48-39)52-41(58)31-8-10-37(50-27-31)54-22-12-29(13-23-54)28-53-20-14-32(15-21-53)55-24-16-33-35(55)11-19-49-40(33)56-25-17-38(57)51-44(56)59/h5-11,16,18-19,24,27,29,32,42-43H,12-15,17,20-23,25,28H2,1-4H3,(H,52,58)(H,51,57,59)/t42-,43-. The summed E-state index contributed by atoms with van der Waals surface area (Å²) in [5.41, 5.74) is 2.00. The monoisotopic (exact) mass is 808 g/mol. The molecule has 1 aromatic carbocycles. The highest BCUT2D eigenvalue weighted by atomic mass is 16.5. The zero-order valence-electron chi connectivity index (χ0n) is 34.7.